The number of aliphatic hydroxyl groups is 1. The SMILES string of the molecule is C[C@@H](O)[C@H](NC(=O)c1ccc(Br)c(N)c1)C(=O)O. The Morgan fingerprint density at radius 2 is 2.06 bits per heavy atom. The summed E-state index contributed by atoms with van der Waals surface area (Å²) < 4.78 is 0.643. The zero-order valence-electron chi connectivity index (χ0n) is 9.55. The Morgan fingerprint density at radius 1 is 1.44 bits per heavy atom. The number of carboxylic acid groups (broad SMARTS) is 1. The first kappa shape index (κ1) is 14.5. The molecule has 0 bridgehead atoms. The highest BCUT2D eigenvalue weighted by atomic mass is 79.9. The number of anilines is 1. The van der Waals surface area contributed by atoms with Crippen LogP contribution in [0, 0.1) is 0 Å². The number of hydrogen-bond acceptors (Lipinski definition) is 4. The van der Waals surface area contributed by atoms with Crippen LogP contribution < -0.4 is 11.1 Å². The number of amides is 1. The van der Waals surface area contributed by atoms with Crippen LogP contribution in [-0.4, -0.2) is 34.2 Å². The van der Waals surface area contributed by atoms with E-state index in [0.29, 0.717) is 10.2 Å². The second-order valence-electron chi connectivity index (χ2n) is 3.77. The van der Waals surface area contributed by atoms with Crippen molar-refractivity contribution in [1.82, 2.24) is 5.32 Å². The van der Waals surface area contributed by atoms with Gasteiger partial charge in [0.15, 0.2) is 6.04 Å². The molecule has 98 valence electrons. The molecule has 0 aliphatic rings. The number of rotatable bonds is 4. The number of aliphatic hydroxyl groups excluding tert-OH is 1. The fourth-order valence-electron chi connectivity index (χ4n) is 1.30. The molecule has 0 spiro atoms. The van der Waals surface area contributed by atoms with Crippen molar-refractivity contribution in [3.63, 3.8) is 0 Å². The van der Waals surface area contributed by atoms with Gasteiger partial charge in [-0.1, -0.05) is 0 Å². The van der Waals surface area contributed by atoms with Gasteiger partial charge in [0.2, 0.25) is 0 Å². The number of nitrogens with two attached hydrogens (primary N) is 1. The molecule has 0 saturated heterocycles. The number of nitrogens with one attached hydrogen (secondary N) is 1. The van der Waals surface area contributed by atoms with E-state index in [0.717, 1.165) is 0 Å². The molecule has 1 aromatic rings. The van der Waals surface area contributed by atoms with Crippen LogP contribution in [0.3, 0.4) is 0 Å². The van der Waals surface area contributed by atoms with Gasteiger partial charge in [0.1, 0.15) is 0 Å². The van der Waals surface area contributed by atoms with Crippen LogP contribution in [-0.2, 0) is 4.79 Å². The van der Waals surface area contributed by atoms with Crippen molar-refractivity contribution in [2.24, 2.45) is 0 Å². The fraction of sp³-hybridized carbons (Fsp3) is 0.273. The third-order valence-electron chi connectivity index (χ3n) is 2.29. The maximum atomic E-state index is 11.8. The van der Waals surface area contributed by atoms with E-state index in [1.54, 1.807) is 6.07 Å². The number of carbonyl (C=O) groups is 2. The minimum atomic E-state index is -1.36. The molecule has 1 amide bonds. The number of hydrogen-bond donors (Lipinski definition) is 4. The molecule has 18 heavy (non-hydrogen) atoms. The van der Waals surface area contributed by atoms with E-state index in [1.807, 2.05) is 0 Å². The predicted octanol–water partition coefficient (Wildman–Crippen LogP) is 0.595. The van der Waals surface area contributed by atoms with E-state index < -0.39 is 24.0 Å². The Hall–Kier alpha value is -1.60. The van der Waals surface area contributed by atoms with Crippen LogP contribution in [0.2, 0.25) is 0 Å². The summed E-state index contributed by atoms with van der Waals surface area (Å²) in [6, 6.07) is 3.14. The van der Waals surface area contributed by atoms with Crippen molar-refractivity contribution in [2.45, 2.75) is 19.1 Å². The largest absolute Gasteiger partial charge is 0.480 e. The standard InChI is InChI=1S/C11H13BrN2O4/c1-5(15)9(11(17)18)14-10(16)6-2-3-7(12)8(13)4-6/h2-5,9,15H,13H2,1H3,(H,14,16)(H,17,18)/t5-,9+/m1/s1. The average Bonchev–Trinajstić information content (AvgIpc) is 2.28. The number of carboxylic acids is 1. The van der Waals surface area contributed by atoms with Gasteiger partial charge >= 0.3 is 5.97 Å². The van der Waals surface area contributed by atoms with Gasteiger partial charge in [-0.25, -0.2) is 4.79 Å². The van der Waals surface area contributed by atoms with Crippen molar-refractivity contribution in [3.05, 3.63) is 28.2 Å². The van der Waals surface area contributed by atoms with E-state index >= 15 is 0 Å². The molecule has 0 radical (unpaired) electrons. The Bertz CT molecular complexity index is 476. The van der Waals surface area contributed by atoms with Gasteiger partial charge in [-0.3, -0.25) is 4.79 Å². The van der Waals surface area contributed by atoms with Gasteiger partial charge in [-0.05, 0) is 41.1 Å². The lowest BCUT2D eigenvalue weighted by Crippen LogP contribution is -2.47. The summed E-state index contributed by atoms with van der Waals surface area (Å²) in [6.07, 6.45) is -1.20. The molecule has 0 aliphatic carbocycles. The van der Waals surface area contributed by atoms with Crippen LogP contribution in [0.1, 0.15) is 17.3 Å². The predicted molar refractivity (Wildman–Crippen MR) is 69.1 cm³/mol. The maximum absolute atomic E-state index is 11.8. The molecule has 7 heteroatoms. The smallest absolute Gasteiger partial charge is 0.328 e. The third kappa shape index (κ3) is 3.44. The van der Waals surface area contributed by atoms with Crippen molar-refractivity contribution in [3.8, 4) is 0 Å². The van der Waals surface area contributed by atoms with Crippen LogP contribution in [0.15, 0.2) is 22.7 Å². The van der Waals surface area contributed by atoms with Crippen molar-refractivity contribution in [1.29, 1.82) is 0 Å². The number of benzene rings is 1. The number of aliphatic carboxylic acids is 1. The molecule has 0 unspecified atom stereocenters. The number of halogens is 1. The lowest BCUT2D eigenvalue weighted by Gasteiger charge is -2.17. The summed E-state index contributed by atoms with van der Waals surface area (Å²) in [6.45, 7) is 1.29. The summed E-state index contributed by atoms with van der Waals surface area (Å²) in [4.78, 5) is 22.6. The van der Waals surface area contributed by atoms with E-state index in [9.17, 15) is 14.7 Å². The lowest BCUT2D eigenvalue weighted by atomic mass is 10.1. The average molecular weight is 317 g/mol. The second kappa shape index (κ2) is 5.83. The van der Waals surface area contributed by atoms with Gasteiger partial charge in [-0.15, -0.1) is 0 Å². The van der Waals surface area contributed by atoms with Crippen LogP contribution >= 0.6 is 15.9 Å². The minimum absolute atomic E-state index is 0.225. The molecule has 1 rings (SSSR count). The first-order valence-electron chi connectivity index (χ1n) is 5.09. The van der Waals surface area contributed by atoms with Gasteiger partial charge in [0.05, 0.1) is 6.10 Å². The van der Waals surface area contributed by atoms with E-state index in [1.165, 1.54) is 19.1 Å². The molecular weight excluding hydrogens is 304 g/mol. The molecule has 6 nitrogen and oxygen atoms in total. The Balaban J connectivity index is 2.87. The van der Waals surface area contributed by atoms with E-state index in [2.05, 4.69) is 21.2 Å². The molecule has 1 aromatic carbocycles. The summed E-state index contributed by atoms with van der Waals surface area (Å²) in [5.41, 5.74) is 6.21. The first-order chi connectivity index (χ1) is 8.32. The van der Waals surface area contributed by atoms with Crippen molar-refractivity contribution >= 4 is 33.5 Å². The van der Waals surface area contributed by atoms with Crippen LogP contribution in [0.4, 0.5) is 5.69 Å². The molecule has 0 fully saturated rings. The molecule has 0 aromatic heterocycles. The Kier molecular flexibility index (Phi) is 4.69. The summed E-state index contributed by atoms with van der Waals surface area (Å²) >= 11 is 3.18. The van der Waals surface area contributed by atoms with Gasteiger partial charge in [0.25, 0.3) is 5.91 Å². The topological polar surface area (TPSA) is 113 Å². The summed E-state index contributed by atoms with van der Waals surface area (Å²) in [5, 5.41) is 20.3. The monoisotopic (exact) mass is 316 g/mol. The Morgan fingerprint density at radius 3 is 2.50 bits per heavy atom. The van der Waals surface area contributed by atoms with Crippen LogP contribution in [0.25, 0.3) is 0 Å². The maximum Gasteiger partial charge on any atom is 0.328 e. The van der Waals surface area contributed by atoms with E-state index in [4.69, 9.17) is 10.8 Å². The fourth-order valence-corrected chi connectivity index (χ4v) is 1.54. The molecule has 0 heterocycles. The molecule has 0 aliphatic heterocycles. The third-order valence-corrected chi connectivity index (χ3v) is 3.02. The molecule has 5 N–H and O–H groups in total. The van der Waals surface area contributed by atoms with Crippen LogP contribution in [0.5, 0.6) is 0 Å². The highest BCUT2D eigenvalue weighted by Gasteiger charge is 2.25. The number of nitrogen functional groups attached to an aromatic ring is 1. The van der Waals surface area contributed by atoms with Gasteiger partial charge in [-0.2, -0.15) is 0 Å². The summed E-state index contributed by atoms with van der Waals surface area (Å²) in [5.74, 6) is -1.91. The minimum Gasteiger partial charge on any atom is -0.480 e. The summed E-state index contributed by atoms with van der Waals surface area (Å²) in [7, 11) is 0. The highest BCUT2D eigenvalue weighted by molar-refractivity contribution is 9.10. The highest BCUT2D eigenvalue weighted by Crippen LogP contribution is 2.20. The van der Waals surface area contributed by atoms with Gasteiger partial charge in [0, 0.05) is 15.7 Å². The first-order valence-corrected chi connectivity index (χ1v) is 5.89. The van der Waals surface area contributed by atoms with Crippen molar-refractivity contribution < 1.29 is 19.8 Å². The van der Waals surface area contributed by atoms with E-state index in [-0.39, 0.29) is 5.56 Å². The van der Waals surface area contributed by atoms with Gasteiger partial charge < -0.3 is 21.3 Å². The Labute approximate surface area is 112 Å². The zero-order chi connectivity index (χ0) is 13.9. The molecule has 0 saturated carbocycles. The zero-order valence-corrected chi connectivity index (χ0v) is 11.1. The van der Waals surface area contributed by atoms with Crippen molar-refractivity contribution in [2.75, 3.05) is 5.73 Å². The quantitative estimate of drug-likeness (QED) is 0.607. The lowest BCUT2D eigenvalue weighted by molar-refractivity contribution is -0.141. The second-order valence-corrected chi connectivity index (χ2v) is 4.62. The molecule has 2 atom stereocenters. The number of carbonyl (C=O) groups excluding carboxylic acids is 1. The molecular formula is C11H13BrN2O4. The normalized spacial score (nSPS) is 13.7.